The highest BCUT2D eigenvalue weighted by Crippen LogP contribution is 2.16. The van der Waals surface area contributed by atoms with Gasteiger partial charge >= 0.3 is 0 Å². The first kappa shape index (κ1) is 13.4. The Morgan fingerprint density at radius 2 is 2.24 bits per heavy atom. The molecule has 0 unspecified atom stereocenters. The zero-order valence-electron chi connectivity index (χ0n) is 9.73. The molecule has 1 heterocycles. The van der Waals surface area contributed by atoms with E-state index in [0.29, 0.717) is 13.0 Å². The lowest BCUT2D eigenvalue weighted by Crippen LogP contribution is -2.50. The van der Waals surface area contributed by atoms with Crippen LogP contribution in [0.5, 0.6) is 0 Å². The van der Waals surface area contributed by atoms with Crippen LogP contribution in [0.3, 0.4) is 0 Å². The van der Waals surface area contributed by atoms with E-state index in [1.54, 1.807) is 0 Å². The molecule has 7 heteroatoms. The Hall–Kier alpha value is -1.63. The molecular formula is C10H18N4O3. The summed E-state index contributed by atoms with van der Waals surface area (Å²) in [6.45, 7) is 2.10. The van der Waals surface area contributed by atoms with Crippen LogP contribution in [-0.4, -0.2) is 36.3 Å². The number of amides is 3. The van der Waals surface area contributed by atoms with Gasteiger partial charge in [-0.25, -0.2) is 0 Å². The first-order valence-electron chi connectivity index (χ1n) is 5.54. The van der Waals surface area contributed by atoms with Gasteiger partial charge in [-0.15, -0.1) is 0 Å². The topological polar surface area (TPSA) is 127 Å². The number of rotatable bonds is 5. The molecule has 0 spiro atoms. The lowest BCUT2D eigenvalue weighted by Gasteiger charge is -2.18. The molecule has 0 saturated carbocycles. The Bertz CT molecular complexity index is 330. The average molecular weight is 242 g/mol. The number of nitrogens with one attached hydrogen (secondary N) is 2. The first-order valence-corrected chi connectivity index (χ1v) is 5.54. The van der Waals surface area contributed by atoms with Gasteiger partial charge in [0.05, 0.1) is 6.04 Å². The second-order valence-electron chi connectivity index (χ2n) is 4.26. The molecule has 1 saturated heterocycles. The van der Waals surface area contributed by atoms with E-state index in [1.807, 2.05) is 0 Å². The van der Waals surface area contributed by atoms with Crippen LogP contribution in [0.1, 0.15) is 19.8 Å². The standard InChI is InChI=1S/C10H18N4O3/c1-5(11)9(16)14-7(8(12)15)4-6-2-3-13-10(6)17/h5-7H,2-4,11H2,1H3,(H2,12,15)(H,13,17)(H,14,16)/t5-,6-,7-/m0/s1. The van der Waals surface area contributed by atoms with Crippen molar-refractivity contribution < 1.29 is 14.4 Å². The Labute approximate surface area is 99.3 Å². The van der Waals surface area contributed by atoms with Crippen molar-refractivity contribution in [3.8, 4) is 0 Å². The van der Waals surface area contributed by atoms with Gasteiger partial charge in [-0.1, -0.05) is 0 Å². The van der Waals surface area contributed by atoms with Crippen molar-refractivity contribution >= 4 is 17.7 Å². The van der Waals surface area contributed by atoms with Crippen LogP contribution < -0.4 is 22.1 Å². The van der Waals surface area contributed by atoms with E-state index < -0.39 is 23.9 Å². The zero-order valence-corrected chi connectivity index (χ0v) is 9.73. The molecular weight excluding hydrogens is 224 g/mol. The van der Waals surface area contributed by atoms with Crippen molar-refractivity contribution in [2.45, 2.75) is 31.8 Å². The Morgan fingerprint density at radius 3 is 2.65 bits per heavy atom. The third-order valence-corrected chi connectivity index (χ3v) is 2.76. The quantitative estimate of drug-likeness (QED) is 0.437. The third-order valence-electron chi connectivity index (χ3n) is 2.76. The molecule has 1 fully saturated rings. The van der Waals surface area contributed by atoms with E-state index >= 15 is 0 Å². The first-order chi connectivity index (χ1) is 7.91. The molecule has 0 aromatic carbocycles. The van der Waals surface area contributed by atoms with Crippen LogP contribution in [0.4, 0.5) is 0 Å². The Balaban J connectivity index is 2.57. The maximum absolute atomic E-state index is 11.4. The maximum Gasteiger partial charge on any atom is 0.240 e. The van der Waals surface area contributed by atoms with Gasteiger partial charge in [0.25, 0.3) is 0 Å². The summed E-state index contributed by atoms with van der Waals surface area (Å²) < 4.78 is 0. The van der Waals surface area contributed by atoms with Crippen LogP contribution in [0.25, 0.3) is 0 Å². The molecule has 0 bridgehead atoms. The van der Waals surface area contributed by atoms with Crippen molar-refractivity contribution in [1.29, 1.82) is 0 Å². The summed E-state index contributed by atoms with van der Waals surface area (Å²) >= 11 is 0. The zero-order chi connectivity index (χ0) is 13.0. The molecule has 7 nitrogen and oxygen atoms in total. The Morgan fingerprint density at radius 1 is 1.59 bits per heavy atom. The molecule has 6 N–H and O–H groups in total. The number of primary amides is 1. The van der Waals surface area contributed by atoms with E-state index in [4.69, 9.17) is 11.5 Å². The number of hydrogen-bond acceptors (Lipinski definition) is 4. The fraction of sp³-hybridized carbons (Fsp3) is 0.700. The molecule has 1 aliphatic rings. The summed E-state index contributed by atoms with van der Waals surface area (Å²) in [7, 11) is 0. The van der Waals surface area contributed by atoms with E-state index in [0.717, 1.165) is 0 Å². The van der Waals surface area contributed by atoms with Crippen LogP contribution in [0.15, 0.2) is 0 Å². The highest BCUT2D eigenvalue weighted by molar-refractivity contribution is 5.89. The maximum atomic E-state index is 11.4. The summed E-state index contributed by atoms with van der Waals surface area (Å²) in [5, 5.41) is 5.11. The van der Waals surface area contributed by atoms with Gasteiger partial charge in [0.1, 0.15) is 6.04 Å². The summed E-state index contributed by atoms with van der Waals surface area (Å²) in [6, 6.07) is -1.56. The Kier molecular flexibility index (Phi) is 4.45. The molecule has 0 aliphatic carbocycles. The minimum Gasteiger partial charge on any atom is -0.368 e. The molecule has 0 radical (unpaired) electrons. The van der Waals surface area contributed by atoms with E-state index in [2.05, 4.69) is 10.6 Å². The second-order valence-corrected chi connectivity index (χ2v) is 4.26. The number of hydrogen-bond donors (Lipinski definition) is 4. The van der Waals surface area contributed by atoms with Gasteiger partial charge in [-0.3, -0.25) is 14.4 Å². The highest BCUT2D eigenvalue weighted by Gasteiger charge is 2.30. The molecule has 0 aromatic rings. The van der Waals surface area contributed by atoms with E-state index in [1.165, 1.54) is 6.92 Å². The van der Waals surface area contributed by atoms with Gasteiger partial charge in [0.15, 0.2) is 0 Å². The summed E-state index contributed by atoms with van der Waals surface area (Å²) in [5.74, 6) is -1.49. The molecule has 1 rings (SSSR count). The molecule has 1 aliphatic heterocycles. The predicted octanol–water partition coefficient (Wildman–Crippen LogP) is -2.17. The smallest absolute Gasteiger partial charge is 0.240 e. The largest absolute Gasteiger partial charge is 0.368 e. The number of carbonyl (C=O) groups is 3. The lowest BCUT2D eigenvalue weighted by molar-refractivity contribution is -0.129. The fourth-order valence-corrected chi connectivity index (χ4v) is 1.70. The second kappa shape index (κ2) is 5.62. The van der Waals surface area contributed by atoms with Gasteiger partial charge in [-0.05, 0) is 19.8 Å². The minimum absolute atomic E-state index is 0.105. The van der Waals surface area contributed by atoms with Crippen LogP contribution in [0.2, 0.25) is 0 Å². The number of carbonyl (C=O) groups excluding carboxylic acids is 3. The molecule has 3 atom stereocenters. The van der Waals surface area contributed by atoms with Gasteiger partial charge < -0.3 is 22.1 Å². The van der Waals surface area contributed by atoms with Crippen LogP contribution in [0, 0.1) is 5.92 Å². The predicted molar refractivity (Wildman–Crippen MR) is 60.5 cm³/mol. The van der Waals surface area contributed by atoms with Crippen molar-refractivity contribution in [2.75, 3.05) is 6.54 Å². The van der Waals surface area contributed by atoms with Gasteiger partial charge in [-0.2, -0.15) is 0 Å². The summed E-state index contributed by atoms with van der Waals surface area (Å²) in [6.07, 6.45) is 0.871. The normalized spacial score (nSPS) is 22.7. The minimum atomic E-state index is -0.845. The van der Waals surface area contributed by atoms with E-state index in [9.17, 15) is 14.4 Å². The molecule has 96 valence electrons. The van der Waals surface area contributed by atoms with Crippen LogP contribution in [-0.2, 0) is 14.4 Å². The monoisotopic (exact) mass is 242 g/mol. The third kappa shape index (κ3) is 3.70. The van der Waals surface area contributed by atoms with Crippen molar-refractivity contribution in [3.63, 3.8) is 0 Å². The van der Waals surface area contributed by atoms with Gasteiger partial charge in [0.2, 0.25) is 17.7 Å². The van der Waals surface area contributed by atoms with Crippen LogP contribution >= 0.6 is 0 Å². The fourth-order valence-electron chi connectivity index (χ4n) is 1.70. The number of nitrogens with two attached hydrogens (primary N) is 2. The van der Waals surface area contributed by atoms with Gasteiger partial charge in [0, 0.05) is 12.5 Å². The molecule has 3 amide bonds. The van der Waals surface area contributed by atoms with E-state index in [-0.39, 0.29) is 18.2 Å². The molecule has 17 heavy (non-hydrogen) atoms. The SMILES string of the molecule is C[C@H](N)C(=O)N[C@@H](C[C@@H]1CCNC1=O)C(N)=O. The van der Waals surface area contributed by atoms with Crippen molar-refractivity contribution in [2.24, 2.45) is 17.4 Å². The van der Waals surface area contributed by atoms with Crippen molar-refractivity contribution in [3.05, 3.63) is 0 Å². The highest BCUT2D eigenvalue weighted by atomic mass is 16.2. The van der Waals surface area contributed by atoms with Crippen molar-refractivity contribution in [1.82, 2.24) is 10.6 Å². The summed E-state index contributed by atoms with van der Waals surface area (Å²) in [4.78, 5) is 33.9. The molecule has 0 aromatic heterocycles. The average Bonchev–Trinajstić information content (AvgIpc) is 2.62. The summed E-state index contributed by atoms with van der Waals surface area (Å²) in [5.41, 5.74) is 10.6. The lowest BCUT2D eigenvalue weighted by atomic mass is 9.98.